The number of ether oxygens (including phenoxy) is 2. The number of methoxy groups -OCH3 is 2. The molecule has 0 amide bonds. The molecule has 1 unspecified atom stereocenters. The van der Waals surface area contributed by atoms with E-state index in [-0.39, 0.29) is 5.92 Å². The van der Waals surface area contributed by atoms with Crippen molar-refractivity contribution in [1.29, 1.82) is 0 Å². The molecule has 164 valence electrons. The Morgan fingerprint density at radius 1 is 0.727 bits per heavy atom. The Kier molecular flexibility index (Phi) is 5.81. The number of rotatable bonds is 7. The largest absolute Gasteiger partial charge is 0.497 e. The third-order valence-electron chi connectivity index (χ3n) is 6.09. The van der Waals surface area contributed by atoms with E-state index < -0.39 is 0 Å². The van der Waals surface area contributed by atoms with E-state index in [1.807, 2.05) is 35.1 Å². The maximum atomic E-state index is 5.72. The molecule has 0 fully saturated rings. The Labute approximate surface area is 194 Å². The van der Waals surface area contributed by atoms with Crippen LogP contribution >= 0.6 is 0 Å². The monoisotopic (exact) mass is 434 g/mol. The van der Waals surface area contributed by atoms with Crippen molar-refractivity contribution in [2.45, 2.75) is 12.5 Å². The summed E-state index contributed by atoms with van der Waals surface area (Å²) < 4.78 is 13.1. The number of fused-ring (bicyclic) bond motifs is 1. The molecule has 4 nitrogen and oxygen atoms in total. The first-order valence-electron chi connectivity index (χ1n) is 11.0. The van der Waals surface area contributed by atoms with Crippen molar-refractivity contribution < 1.29 is 9.47 Å². The van der Waals surface area contributed by atoms with Crippen LogP contribution in [0.5, 0.6) is 11.5 Å². The zero-order valence-corrected chi connectivity index (χ0v) is 18.8. The lowest BCUT2D eigenvalue weighted by Gasteiger charge is -2.21. The summed E-state index contributed by atoms with van der Waals surface area (Å²) >= 11 is 0. The van der Waals surface area contributed by atoms with Gasteiger partial charge in [0.2, 0.25) is 0 Å². The van der Waals surface area contributed by atoms with Crippen molar-refractivity contribution in [3.63, 3.8) is 0 Å². The molecule has 1 heterocycles. The fourth-order valence-electron chi connectivity index (χ4n) is 4.43. The van der Waals surface area contributed by atoms with Crippen LogP contribution in [0, 0.1) is 0 Å². The van der Waals surface area contributed by atoms with E-state index in [0.29, 0.717) is 6.54 Å². The predicted molar refractivity (Wildman–Crippen MR) is 132 cm³/mol. The van der Waals surface area contributed by atoms with Crippen LogP contribution in [-0.2, 0) is 6.54 Å². The average Bonchev–Trinajstić information content (AvgIpc) is 3.28. The summed E-state index contributed by atoms with van der Waals surface area (Å²) in [6.07, 6.45) is 1.91. The first kappa shape index (κ1) is 20.8. The van der Waals surface area contributed by atoms with Gasteiger partial charge in [-0.2, -0.15) is 5.10 Å². The second-order valence-electron chi connectivity index (χ2n) is 8.05. The molecule has 5 aromatic rings. The molecule has 5 rings (SSSR count). The summed E-state index contributed by atoms with van der Waals surface area (Å²) in [6, 6.07) is 33.6. The molecule has 0 spiro atoms. The highest BCUT2D eigenvalue weighted by molar-refractivity contribution is 5.78. The number of hydrogen-bond acceptors (Lipinski definition) is 3. The van der Waals surface area contributed by atoms with Gasteiger partial charge in [0.25, 0.3) is 0 Å². The van der Waals surface area contributed by atoms with Crippen LogP contribution in [0.3, 0.4) is 0 Å². The van der Waals surface area contributed by atoms with Crippen LogP contribution in [0.2, 0.25) is 0 Å². The van der Waals surface area contributed by atoms with E-state index in [1.165, 1.54) is 16.7 Å². The summed E-state index contributed by atoms with van der Waals surface area (Å²) in [5.74, 6) is 1.81. The summed E-state index contributed by atoms with van der Waals surface area (Å²) in [5.41, 5.74) is 5.86. The normalized spacial score (nSPS) is 11.9. The summed E-state index contributed by atoms with van der Waals surface area (Å²) in [4.78, 5) is 0. The zero-order chi connectivity index (χ0) is 22.6. The van der Waals surface area contributed by atoms with Gasteiger partial charge < -0.3 is 9.47 Å². The van der Waals surface area contributed by atoms with Gasteiger partial charge in [-0.1, -0.05) is 66.7 Å². The van der Waals surface area contributed by atoms with Crippen molar-refractivity contribution >= 4 is 10.9 Å². The van der Waals surface area contributed by atoms with Gasteiger partial charge in [0, 0.05) is 16.9 Å². The molecule has 0 saturated carbocycles. The standard InChI is InChI=1S/C29H26N2O2/c1-32-26-15-12-22(13-16-26)29(21-8-4-3-5-9-21)23-14-17-28(33-2)25(18-23)20-31-27-11-7-6-10-24(27)19-30-31/h3-19,29H,20H2,1-2H3. The van der Waals surface area contributed by atoms with Gasteiger partial charge >= 0.3 is 0 Å². The summed E-state index contributed by atoms with van der Waals surface area (Å²) in [6.45, 7) is 0.634. The van der Waals surface area contributed by atoms with Gasteiger partial charge in [-0.25, -0.2) is 0 Å². The molecule has 0 saturated heterocycles. The van der Waals surface area contributed by atoms with Gasteiger partial charge in [0.05, 0.1) is 32.5 Å². The Morgan fingerprint density at radius 3 is 2.18 bits per heavy atom. The van der Waals surface area contributed by atoms with E-state index >= 15 is 0 Å². The molecule has 0 radical (unpaired) electrons. The molecule has 0 bridgehead atoms. The van der Waals surface area contributed by atoms with Gasteiger partial charge in [-0.15, -0.1) is 0 Å². The molecule has 4 heteroatoms. The number of para-hydroxylation sites is 1. The Morgan fingerprint density at radius 2 is 1.42 bits per heavy atom. The quantitative estimate of drug-likeness (QED) is 0.283. The van der Waals surface area contributed by atoms with Crippen molar-refractivity contribution in [1.82, 2.24) is 9.78 Å². The molecule has 0 aliphatic carbocycles. The molecule has 4 aromatic carbocycles. The van der Waals surface area contributed by atoms with Crippen molar-refractivity contribution in [3.8, 4) is 11.5 Å². The fourth-order valence-corrected chi connectivity index (χ4v) is 4.43. The predicted octanol–water partition coefficient (Wildman–Crippen LogP) is 6.28. The van der Waals surface area contributed by atoms with Crippen molar-refractivity contribution in [3.05, 3.63) is 126 Å². The summed E-state index contributed by atoms with van der Waals surface area (Å²) in [7, 11) is 3.41. The van der Waals surface area contributed by atoms with Crippen LogP contribution in [0.1, 0.15) is 28.2 Å². The minimum atomic E-state index is 0.0936. The molecular weight excluding hydrogens is 408 g/mol. The third-order valence-corrected chi connectivity index (χ3v) is 6.09. The topological polar surface area (TPSA) is 36.3 Å². The lowest BCUT2D eigenvalue weighted by Crippen LogP contribution is -2.07. The number of nitrogens with zero attached hydrogens (tertiary/aromatic N) is 2. The highest BCUT2D eigenvalue weighted by atomic mass is 16.5. The van der Waals surface area contributed by atoms with Gasteiger partial charge in [-0.3, -0.25) is 4.68 Å². The van der Waals surface area contributed by atoms with Gasteiger partial charge in [0.1, 0.15) is 11.5 Å². The highest BCUT2D eigenvalue weighted by Gasteiger charge is 2.19. The Hall–Kier alpha value is -4.05. The van der Waals surface area contributed by atoms with E-state index in [9.17, 15) is 0 Å². The maximum absolute atomic E-state index is 5.72. The number of aromatic nitrogens is 2. The second kappa shape index (κ2) is 9.21. The molecule has 0 N–H and O–H groups in total. The van der Waals surface area contributed by atoms with Crippen LogP contribution in [-0.4, -0.2) is 24.0 Å². The first-order valence-corrected chi connectivity index (χ1v) is 11.0. The molecular formula is C29H26N2O2. The van der Waals surface area contributed by atoms with Crippen LogP contribution in [0.4, 0.5) is 0 Å². The Bertz CT molecular complexity index is 1360. The van der Waals surface area contributed by atoms with Crippen LogP contribution in [0.15, 0.2) is 103 Å². The number of benzene rings is 4. The minimum Gasteiger partial charge on any atom is -0.497 e. The van der Waals surface area contributed by atoms with Gasteiger partial charge in [-0.05, 0) is 47.0 Å². The lowest BCUT2D eigenvalue weighted by molar-refractivity contribution is 0.407. The molecule has 0 aliphatic heterocycles. The van der Waals surface area contributed by atoms with Crippen LogP contribution < -0.4 is 9.47 Å². The molecule has 0 aliphatic rings. The lowest BCUT2D eigenvalue weighted by atomic mass is 9.84. The maximum Gasteiger partial charge on any atom is 0.123 e. The fraction of sp³-hybridized carbons (Fsp3) is 0.138. The van der Waals surface area contributed by atoms with Crippen molar-refractivity contribution in [2.75, 3.05) is 14.2 Å². The van der Waals surface area contributed by atoms with E-state index in [2.05, 4.69) is 77.9 Å². The van der Waals surface area contributed by atoms with E-state index in [1.54, 1.807) is 14.2 Å². The summed E-state index contributed by atoms with van der Waals surface area (Å²) in [5, 5.41) is 5.76. The SMILES string of the molecule is COc1ccc(C(c2ccccc2)c2ccc(OC)c(Cn3ncc4ccccc43)c2)cc1. The van der Waals surface area contributed by atoms with E-state index in [0.717, 1.165) is 28.0 Å². The zero-order valence-electron chi connectivity index (χ0n) is 18.8. The third kappa shape index (κ3) is 4.20. The minimum absolute atomic E-state index is 0.0936. The smallest absolute Gasteiger partial charge is 0.123 e. The molecule has 33 heavy (non-hydrogen) atoms. The Balaban J connectivity index is 1.59. The highest BCUT2D eigenvalue weighted by Crippen LogP contribution is 2.35. The average molecular weight is 435 g/mol. The second-order valence-corrected chi connectivity index (χ2v) is 8.05. The van der Waals surface area contributed by atoms with Crippen molar-refractivity contribution in [2.24, 2.45) is 0 Å². The molecule has 1 atom stereocenters. The first-order chi connectivity index (χ1) is 16.3. The molecule has 1 aromatic heterocycles. The van der Waals surface area contributed by atoms with E-state index in [4.69, 9.17) is 9.47 Å². The van der Waals surface area contributed by atoms with Crippen LogP contribution in [0.25, 0.3) is 10.9 Å². The van der Waals surface area contributed by atoms with Gasteiger partial charge in [0.15, 0.2) is 0 Å². The number of hydrogen-bond donors (Lipinski definition) is 0.